The molecule has 0 amide bonds. The van der Waals surface area contributed by atoms with Crippen LogP contribution in [0.25, 0.3) is 10.2 Å². The summed E-state index contributed by atoms with van der Waals surface area (Å²) in [6.07, 6.45) is 0. The van der Waals surface area contributed by atoms with Crippen molar-refractivity contribution in [2.45, 2.75) is 19.4 Å². The van der Waals surface area contributed by atoms with Crippen LogP contribution in [0.15, 0.2) is 48.5 Å². The molecule has 3 heteroatoms. The van der Waals surface area contributed by atoms with Crippen LogP contribution in [-0.2, 0) is 5.54 Å². The zero-order chi connectivity index (χ0) is 13.5. The molecule has 3 rings (SSSR count). The molecule has 0 saturated heterocycles. The molecule has 3 aromatic rings. The van der Waals surface area contributed by atoms with Crippen LogP contribution >= 0.6 is 11.3 Å². The number of aromatic nitrogens is 1. The van der Waals surface area contributed by atoms with Gasteiger partial charge in [0.2, 0.25) is 0 Å². The fraction of sp³-hybridized carbons (Fsp3) is 0.188. The molecule has 2 nitrogen and oxygen atoms in total. The molecule has 0 bridgehead atoms. The molecule has 0 aliphatic carbocycles. The molecule has 1 atom stereocenters. The molecule has 1 aromatic heterocycles. The lowest BCUT2D eigenvalue weighted by molar-refractivity contribution is 0.600. The predicted octanol–water partition coefficient (Wildman–Crippen LogP) is 3.83. The summed E-state index contributed by atoms with van der Waals surface area (Å²) in [4.78, 5) is 4.72. The predicted molar refractivity (Wildman–Crippen MR) is 81.4 cm³/mol. The molecule has 0 radical (unpaired) electrons. The second-order valence-corrected chi connectivity index (χ2v) is 6.09. The third-order valence-electron chi connectivity index (χ3n) is 3.36. The van der Waals surface area contributed by atoms with Crippen LogP contribution in [0.1, 0.15) is 23.1 Å². The molecule has 0 spiro atoms. The van der Waals surface area contributed by atoms with Crippen molar-refractivity contribution in [2.75, 3.05) is 0 Å². The minimum Gasteiger partial charge on any atom is -0.316 e. The summed E-state index contributed by atoms with van der Waals surface area (Å²) in [5.74, 6) is 0. The summed E-state index contributed by atoms with van der Waals surface area (Å²) in [5, 5.41) is 0.958. The number of fused-ring (bicyclic) bond motifs is 1. The highest BCUT2D eigenvalue weighted by Crippen LogP contribution is 2.33. The average molecular weight is 268 g/mol. The second kappa shape index (κ2) is 4.44. The molecule has 2 N–H and O–H groups in total. The third kappa shape index (κ3) is 2.15. The number of nitrogens with two attached hydrogens (primary N) is 1. The number of hydrogen-bond donors (Lipinski definition) is 1. The molecular weight excluding hydrogens is 252 g/mol. The van der Waals surface area contributed by atoms with Crippen LogP contribution < -0.4 is 5.73 Å². The lowest BCUT2D eigenvalue weighted by Crippen LogP contribution is -2.34. The largest absolute Gasteiger partial charge is 0.316 e. The third-order valence-corrected chi connectivity index (χ3v) is 4.63. The quantitative estimate of drug-likeness (QED) is 0.767. The van der Waals surface area contributed by atoms with Gasteiger partial charge in [0.15, 0.2) is 0 Å². The maximum Gasteiger partial charge on any atom is 0.118 e. The fourth-order valence-corrected chi connectivity index (χ4v) is 3.19. The van der Waals surface area contributed by atoms with Crippen molar-refractivity contribution >= 4 is 21.6 Å². The first-order chi connectivity index (χ1) is 9.07. The Morgan fingerprint density at radius 2 is 1.84 bits per heavy atom. The maximum atomic E-state index is 6.51. The summed E-state index contributed by atoms with van der Waals surface area (Å²) < 4.78 is 1.19. The minimum atomic E-state index is -0.543. The van der Waals surface area contributed by atoms with Gasteiger partial charge in [-0.2, -0.15) is 0 Å². The molecule has 0 aliphatic heterocycles. The van der Waals surface area contributed by atoms with Gasteiger partial charge in [0.1, 0.15) is 5.01 Å². The number of rotatable bonds is 2. The van der Waals surface area contributed by atoms with E-state index in [1.54, 1.807) is 11.3 Å². The van der Waals surface area contributed by atoms with Crippen molar-refractivity contribution in [1.29, 1.82) is 0 Å². The Morgan fingerprint density at radius 3 is 2.58 bits per heavy atom. The average Bonchev–Trinajstić information content (AvgIpc) is 2.83. The zero-order valence-electron chi connectivity index (χ0n) is 11.1. The van der Waals surface area contributed by atoms with Crippen molar-refractivity contribution in [3.8, 4) is 0 Å². The minimum absolute atomic E-state index is 0.543. The Bertz CT molecular complexity index is 714. The van der Waals surface area contributed by atoms with Crippen LogP contribution in [0, 0.1) is 6.92 Å². The van der Waals surface area contributed by atoms with Gasteiger partial charge in [0.25, 0.3) is 0 Å². The maximum absolute atomic E-state index is 6.51. The van der Waals surface area contributed by atoms with Gasteiger partial charge in [-0.05, 0) is 37.1 Å². The number of benzene rings is 2. The first kappa shape index (κ1) is 12.3. The summed E-state index contributed by atoms with van der Waals surface area (Å²) >= 11 is 1.67. The molecule has 1 heterocycles. The zero-order valence-corrected chi connectivity index (χ0v) is 11.9. The van der Waals surface area contributed by atoms with E-state index in [1.165, 1.54) is 10.3 Å². The van der Waals surface area contributed by atoms with Crippen molar-refractivity contribution < 1.29 is 0 Å². The van der Waals surface area contributed by atoms with Crippen LogP contribution in [-0.4, -0.2) is 4.98 Å². The Labute approximate surface area is 116 Å². The van der Waals surface area contributed by atoms with Gasteiger partial charge in [0.05, 0.1) is 15.8 Å². The lowest BCUT2D eigenvalue weighted by atomic mass is 9.94. The molecule has 1 unspecified atom stereocenters. The van der Waals surface area contributed by atoms with Crippen molar-refractivity contribution in [3.63, 3.8) is 0 Å². The topological polar surface area (TPSA) is 38.9 Å². The van der Waals surface area contributed by atoms with Gasteiger partial charge in [0, 0.05) is 0 Å². The van der Waals surface area contributed by atoms with Crippen molar-refractivity contribution in [3.05, 3.63) is 64.7 Å². The van der Waals surface area contributed by atoms with Crippen molar-refractivity contribution in [2.24, 2.45) is 5.73 Å². The van der Waals surface area contributed by atoms with Gasteiger partial charge in [-0.1, -0.05) is 36.4 Å². The molecule has 19 heavy (non-hydrogen) atoms. The van der Waals surface area contributed by atoms with E-state index in [1.807, 2.05) is 25.1 Å². The molecule has 0 aliphatic rings. The van der Waals surface area contributed by atoms with E-state index in [-0.39, 0.29) is 0 Å². The normalized spacial score (nSPS) is 14.5. The van der Waals surface area contributed by atoms with Gasteiger partial charge < -0.3 is 5.73 Å². The number of aryl methyl sites for hydroxylation is 1. The Hall–Kier alpha value is -1.71. The summed E-state index contributed by atoms with van der Waals surface area (Å²) in [5.41, 5.74) is 9.31. The van der Waals surface area contributed by atoms with Gasteiger partial charge >= 0.3 is 0 Å². The number of nitrogens with zero attached hydrogens (tertiary/aromatic N) is 1. The monoisotopic (exact) mass is 268 g/mol. The SMILES string of the molecule is Cc1ccc2sc(C(C)(N)c3ccccc3)nc2c1. The number of thiazole rings is 1. The smallest absolute Gasteiger partial charge is 0.118 e. The second-order valence-electron chi connectivity index (χ2n) is 5.06. The number of hydrogen-bond acceptors (Lipinski definition) is 3. The van der Waals surface area contributed by atoms with E-state index >= 15 is 0 Å². The van der Waals surface area contributed by atoms with Gasteiger partial charge in [-0.25, -0.2) is 4.98 Å². The van der Waals surface area contributed by atoms with Crippen LogP contribution in [0.5, 0.6) is 0 Å². The molecule has 2 aromatic carbocycles. The highest BCUT2D eigenvalue weighted by atomic mass is 32.1. The molecule has 0 fully saturated rings. The van der Waals surface area contributed by atoms with Crippen LogP contribution in [0.2, 0.25) is 0 Å². The van der Waals surface area contributed by atoms with Crippen LogP contribution in [0.3, 0.4) is 0 Å². The highest BCUT2D eigenvalue weighted by molar-refractivity contribution is 7.18. The molecule has 96 valence electrons. The van der Waals surface area contributed by atoms with E-state index in [0.717, 1.165) is 16.1 Å². The summed E-state index contributed by atoms with van der Waals surface area (Å²) in [7, 11) is 0. The lowest BCUT2D eigenvalue weighted by Gasteiger charge is -2.22. The standard InChI is InChI=1S/C16H16N2S/c1-11-8-9-14-13(10-11)18-15(19-14)16(2,17)12-6-4-3-5-7-12/h3-10H,17H2,1-2H3. The highest BCUT2D eigenvalue weighted by Gasteiger charge is 2.27. The Balaban J connectivity index is 2.13. The van der Waals surface area contributed by atoms with E-state index in [2.05, 4.69) is 37.3 Å². The summed E-state index contributed by atoms with van der Waals surface area (Å²) in [6.45, 7) is 4.10. The van der Waals surface area contributed by atoms with Gasteiger partial charge in [-0.3, -0.25) is 0 Å². The fourth-order valence-electron chi connectivity index (χ4n) is 2.17. The van der Waals surface area contributed by atoms with E-state index in [9.17, 15) is 0 Å². The molecular formula is C16H16N2S. The van der Waals surface area contributed by atoms with Crippen LogP contribution in [0.4, 0.5) is 0 Å². The first-order valence-electron chi connectivity index (χ1n) is 6.29. The van der Waals surface area contributed by atoms with E-state index < -0.39 is 5.54 Å². The van der Waals surface area contributed by atoms with Crippen molar-refractivity contribution in [1.82, 2.24) is 4.98 Å². The summed E-state index contributed by atoms with van der Waals surface area (Å²) in [6, 6.07) is 16.5. The van der Waals surface area contributed by atoms with E-state index in [4.69, 9.17) is 10.7 Å². The van der Waals surface area contributed by atoms with Gasteiger partial charge in [-0.15, -0.1) is 11.3 Å². The molecule has 0 saturated carbocycles. The first-order valence-corrected chi connectivity index (χ1v) is 7.11. The Kier molecular flexibility index (Phi) is 2.88. The van der Waals surface area contributed by atoms with E-state index in [0.29, 0.717) is 0 Å². The Morgan fingerprint density at radius 1 is 1.11 bits per heavy atom.